The fourth-order valence-corrected chi connectivity index (χ4v) is 2.99. The number of nitrogens with zero attached hydrogens (tertiary/aromatic N) is 1. The smallest absolute Gasteiger partial charge is 0.271 e. The second-order valence-electron chi connectivity index (χ2n) is 7.49. The molecule has 0 atom stereocenters. The minimum atomic E-state index is -0.295. The Bertz CT molecular complexity index is 1060. The van der Waals surface area contributed by atoms with E-state index in [2.05, 4.69) is 29.6 Å². The van der Waals surface area contributed by atoms with Gasteiger partial charge in [-0.05, 0) is 73.9 Å². The van der Waals surface area contributed by atoms with E-state index in [-0.39, 0.29) is 5.91 Å². The van der Waals surface area contributed by atoms with Crippen LogP contribution in [0.25, 0.3) is 0 Å². The minimum absolute atomic E-state index is 0.295. The van der Waals surface area contributed by atoms with Gasteiger partial charge in [0.2, 0.25) is 0 Å². The molecule has 1 N–H and O–H groups in total. The highest BCUT2D eigenvalue weighted by molar-refractivity contribution is 5.95. The van der Waals surface area contributed by atoms with Crippen molar-refractivity contribution in [2.45, 2.75) is 33.8 Å². The van der Waals surface area contributed by atoms with Crippen LogP contribution in [0, 0.1) is 6.92 Å². The number of nitrogens with one attached hydrogen (secondary N) is 1. The van der Waals surface area contributed by atoms with E-state index in [0.29, 0.717) is 36.9 Å². The van der Waals surface area contributed by atoms with Crippen LogP contribution in [0.2, 0.25) is 0 Å². The van der Waals surface area contributed by atoms with Crippen LogP contribution in [-0.4, -0.2) is 25.3 Å². The van der Waals surface area contributed by atoms with Crippen molar-refractivity contribution in [3.8, 4) is 17.2 Å². The van der Waals surface area contributed by atoms with Crippen LogP contribution < -0.4 is 19.6 Å². The van der Waals surface area contributed by atoms with Crippen molar-refractivity contribution in [2.75, 3.05) is 13.2 Å². The highest BCUT2D eigenvalue weighted by atomic mass is 16.5. The van der Waals surface area contributed by atoms with Crippen LogP contribution in [0.4, 0.5) is 0 Å². The SMILES string of the molecule is CCCOc1ccc(C(=O)N/N=C/c2ccc(OCc3ccc(C)cc3)c(OCC)c2)cc1. The maximum atomic E-state index is 12.3. The number of carbonyl (C=O) groups excluding carboxylic acids is 1. The summed E-state index contributed by atoms with van der Waals surface area (Å²) in [4.78, 5) is 12.3. The number of amides is 1. The molecule has 0 fully saturated rings. The Hall–Kier alpha value is -3.80. The molecule has 3 aromatic carbocycles. The van der Waals surface area contributed by atoms with Gasteiger partial charge in [0.25, 0.3) is 5.91 Å². The van der Waals surface area contributed by atoms with Crippen molar-refractivity contribution in [1.82, 2.24) is 5.43 Å². The summed E-state index contributed by atoms with van der Waals surface area (Å²) in [5.41, 5.74) is 6.13. The standard InChI is InChI=1S/C27H30N2O4/c1-4-16-32-24-13-11-23(12-14-24)27(30)29-28-18-22-10-15-25(26(17-22)31-5-2)33-19-21-8-6-20(3)7-9-21/h6-15,17-18H,4-5,16,19H2,1-3H3,(H,29,30)/b28-18+. The highest BCUT2D eigenvalue weighted by Crippen LogP contribution is 2.29. The van der Waals surface area contributed by atoms with Gasteiger partial charge in [-0.15, -0.1) is 0 Å². The normalized spacial score (nSPS) is 10.8. The van der Waals surface area contributed by atoms with Gasteiger partial charge in [-0.3, -0.25) is 4.79 Å². The molecule has 0 saturated heterocycles. The Labute approximate surface area is 195 Å². The average molecular weight is 447 g/mol. The predicted molar refractivity (Wildman–Crippen MR) is 130 cm³/mol. The third-order valence-corrected chi connectivity index (χ3v) is 4.75. The Morgan fingerprint density at radius 2 is 1.67 bits per heavy atom. The summed E-state index contributed by atoms with van der Waals surface area (Å²) >= 11 is 0. The molecule has 0 heterocycles. The summed E-state index contributed by atoms with van der Waals surface area (Å²) in [7, 11) is 0. The molecule has 0 bridgehead atoms. The highest BCUT2D eigenvalue weighted by Gasteiger charge is 2.08. The second-order valence-corrected chi connectivity index (χ2v) is 7.49. The number of hydrogen-bond acceptors (Lipinski definition) is 5. The van der Waals surface area contributed by atoms with Crippen LogP contribution in [-0.2, 0) is 6.61 Å². The van der Waals surface area contributed by atoms with Gasteiger partial charge < -0.3 is 14.2 Å². The number of carbonyl (C=O) groups is 1. The van der Waals surface area contributed by atoms with Gasteiger partial charge in [0.05, 0.1) is 19.4 Å². The molecule has 0 aromatic heterocycles. The lowest BCUT2D eigenvalue weighted by atomic mass is 10.2. The molecule has 0 aliphatic heterocycles. The number of benzene rings is 3. The molecule has 3 aromatic rings. The first-order chi connectivity index (χ1) is 16.1. The van der Waals surface area contributed by atoms with Gasteiger partial charge in [0, 0.05) is 5.56 Å². The van der Waals surface area contributed by atoms with E-state index in [4.69, 9.17) is 14.2 Å². The van der Waals surface area contributed by atoms with E-state index in [1.54, 1.807) is 30.5 Å². The van der Waals surface area contributed by atoms with Gasteiger partial charge in [-0.25, -0.2) is 5.43 Å². The predicted octanol–water partition coefficient (Wildman–Crippen LogP) is 5.53. The van der Waals surface area contributed by atoms with Crippen LogP contribution in [0.1, 0.15) is 47.3 Å². The quantitative estimate of drug-likeness (QED) is 0.311. The lowest BCUT2D eigenvalue weighted by Crippen LogP contribution is -2.17. The van der Waals surface area contributed by atoms with Gasteiger partial charge in [-0.2, -0.15) is 5.10 Å². The monoisotopic (exact) mass is 446 g/mol. The Morgan fingerprint density at radius 3 is 2.36 bits per heavy atom. The van der Waals surface area contributed by atoms with Gasteiger partial charge in [0.15, 0.2) is 11.5 Å². The molecule has 172 valence electrons. The zero-order valence-corrected chi connectivity index (χ0v) is 19.3. The van der Waals surface area contributed by atoms with Crippen molar-refractivity contribution in [3.05, 3.63) is 89.0 Å². The summed E-state index contributed by atoms with van der Waals surface area (Å²) in [5.74, 6) is 1.73. The van der Waals surface area contributed by atoms with E-state index in [1.165, 1.54) is 5.56 Å². The molecule has 6 heteroatoms. The first kappa shape index (κ1) is 23.9. The average Bonchev–Trinajstić information content (AvgIpc) is 2.83. The number of aryl methyl sites for hydroxylation is 1. The number of hydrogen-bond donors (Lipinski definition) is 1. The fraction of sp³-hybridized carbons (Fsp3) is 0.259. The van der Waals surface area contributed by atoms with Gasteiger partial charge >= 0.3 is 0 Å². The number of rotatable bonds is 11. The maximum Gasteiger partial charge on any atom is 0.271 e. The Morgan fingerprint density at radius 1 is 0.909 bits per heavy atom. The van der Waals surface area contributed by atoms with E-state index in [9.17, 15) is 4.79 Å². The van der Waals surface area contributed by atoms with Crippen molar-refractivity contribution in [3.63, 3.8) is 0 Å². The summed E-state index contributed by atoms with van der Waals surface area (Å²) in [6.07, 6.45) is 2.50. The third kappa shape index (κ3) is 7.38. The summed E-state index contributed by atoms with van der Waals surface area (Å²) in [5, 5.41) is 4.07. The summed E-state index contributed by atoms with van der Waals surface area (Å²) < 4.78 is 17.2. The summed E-state index contributed by atoms with van der Waals surface area (Å²) in [6, 6.07) is 20.7. The molecule has 3 rings (SSSR count). The zero-order valence-electron chi connectivity index (χ0n) is 19.3. The number of ether oxygens (including phenoxy) is 3. The van der Waals surface area contributed by atoms with E-state index in [1.807, 2.05) is 44.2 Å². The van der Waals surface area contributed by atoms with Crippen LogP contribution in [0.15, 0.2) is 71.8 Å². The van der Waals surface area contributed by atoms with Crippen molar-refractivity contribution >= 4 is 12.1 Å². The Balaban J connectivity index is 1.59. The Kier molecular flexibility index (Phi) is 8.88. The van der Waals surface area contributed by atoms with E-state index >= 15 is 0 Å². The molecule has 0 saturated carbocycles. The topological polar surface area (TPSA) is 69.2 Å². The van der Waals surface area contributed by atoms with E-state index in [0.717, 1.165) is 23.3 Å². The molecule has 0 radical (unpaired) electrons. The molecule has 6 nitrogen and oxygen atoms in total. The van der Waals surface area contributed by atoms with Crippen LogP contribution in [0.5, 0.6) is 17.2 Å². The summed E-state index contributed by atoms with van der Waals surface area (Å²) in [6.45, 7) is 7.63. The maximum absolute atomic E-state index is 12.3. The van der Waals surface area contributed by atoms with Crippen molar-refractivity contribution in [2.24, 2.45) is 5.10 Å². The molecule has 33 heavy (non-hydrogen) atoms. The minimum Gasteiger partial charge on any atom is -0.494 e. The molecular weight excluding hydrogens is 416 g/mol. The van der Waals surface area contributed by atoms with E-state index < -0.39 is 0 Å². The first-order valence-electron chi connectivity index (χ1n) is 11.1. The fourth-order valence-electron chi connectivity index (χ4n) is 2.99. The largest absolute Gasteiger partial charge is 0.494 e. The van der Waals surface area contributed by atoms with Crippen molar-refractivity contribution < 1.29 is 19.0 Å². The molecule has 0 spiro atoms. The zero-order chi connectivity index (χ0) is 23.5. The first-order valence-corrected chi connectivity index (χ1v) is 11.1. The lowest BCUT2D eigenvalue weighted by molar-refractivity contribution is 0.0955. The van der Waals surface area contributed by atoms with Gasteiger partial charge in [-0.1, -0.05) is 36.8 Å². The molecule has 0 unspecified atom stereocenters. The lowest BCUT2D eigenvalue weighted by Gasteiger charge is -2.13. The van der Waals surface area contributed by atoms with Crippen LogP contribution in [0.3, 0.4) is 0 Å². The molecule has 0 aliphatic carbocycles. The molecule has 0 aliphatic rings. The second kappa shape index (κ2) is 12.3. The molecular formula is C27H30N2O4. The van der Waals surface area contributed by atoms with Gasteiger partial charge in [0.1, 0.15) is 12.4 Å². The third-order valence-electron chi connectivity index (χ3n) is 4.75. The van der Waals surface area contributed by atoms with Crippen molar-refractivity contribution in [1.29, 1.82) is 0 Å². The van der Waals surface area contributed by atoms with Crippen LogP contribution >= 0.6 is 0 Å². The number of hydrazone groups is 1. The molecule has 1 amide bonds.